The van der Waals surface area contributed by atoms with Gasteiger partial charge in [-0.2, -0.15) is 0 Å². The van der Waals surface area contributed by atoms with Crippen LogP contribution in [0.2, 0.25) is 0 Å². The van der Waals surface area contributed by atoms with Crippen LogP contribution in [0.1, 0.15) is 25.3 Å². The first kappa shape index (κ1) is 17.3. The summed E-state index contributed by atoms with van der Waals surface area (Å²) >= 11 is 0. The summed E-state index contributed by atoms with van der Waals surface area (Å²) < 4.78 is 0. The second-order valence-electron chi connectivity index (χ2n) is 6.22. The predicted molar refractivity (Wildman–Crippen MR) is 91.8 cm³/mol. The molecule has 0 aliphatic heterocycles. The van der Waals surface area contributed by atoms with E-state index in [1.54, 1.807) is 11.0 Å². The Labute approximate surface area is 138 Å². The van der Waals surface area contributed by atoms with Crippen molar-refractivity contribution in [2.45, 2.75) is 26.2 Å². The molecule has 0 aromatic heterocycles. The fourth-order valence-corrected chi connectivity index (χ4v) is 2.65. The first-order chi connectivity index (χ1) is 11.1. The van der Waals surface area contributed by atoms with E-state index < -0.39 is 0 Å². The third-order valence-electron chi connectivity index (χ3n) is 4.30. The molecule has 124 valence electrons. The van der Waals surface area contributed by atoms with E-state index in [1.165, 1.54) is 5.56 Å². The molecule has 1 N–H and O–H groups in total. The van der Waals surface area contributed by atoms with Crippen LogP contribution >= 0.6 is 0 Å². The van der Waals surface area contributed by atoms with E-state index in [0.717, 1.165) is 12.8 Å². The zero-order valence-electron chi connectivity index (χ0n) is 13.8. The van der Waals surface area contributed by atoms with Crippen LogP contribution in [0, 0.1) is 11.8 Å². The second-order valence-corrected chi connectivity index (χ2v) is 6.22. The number of benzene rings is 1. The fraction of sp³-hybridized carbons (Fsp3) is 0.474. The summed E-state index contributed by atoms with van der Waals surface area (Å²) in [4.78, 5) is 25.9. The van der Waals surface area contributed by atoms with Gasteiger partial charge < -0.3 is 10.2 Å². The zero-order chi connectivity index (χ0) is 16.7. The molecule has 0 heterocycles. The van der Waals surface area contributed by atoms with Crippen molar-refractivity contribution >= 4 is 11.8 Å². The van der Waals surface area contributed by atoms with Crippen LogP contribution in [0.15, 0.2) is 43.0 Å². The van der Waals surface area contributed by atoms with E-state index in [0.29, 0.717) is 32.0 Å². The van der Waals surface area contributed by atoms with Crippen molar-refractivity contribution in [2.24, 2.45) is 11.8 Å². The quantitative estimate of drug-likeness (QED) is 0.712. The van der Waals surface area contributed by atoms with Crippen LogP contribution in [-0.4, -0.2) is 36.3 Å². The van der Waals surface area contributed by atoms with Gasteiger partial charge in [0.1, 0.15) is 0 Å². The van der Waals surface area contributed by atoms with Gasteiger partial charge in [-0.25, -0.2) is 0 Å². The Morgan fingerprint density at radius 1 is 1.35 bits per heavy atom. The van der Waals surface area contributed by atoms with Gasteiger partial charge in [-0.15, -0.1) is 6.58 Å². The molecular formula is C19H26N2O2. The molecule has 0 unspecified atom stereocenters. The van der Waals surface area contributed by atoms with Crippen LogP contribution in [0.3, 0.4) is 0 Å². The molecule has 1 saturated carbocycles. The minimum absolute atomic E-state index is 0.0602. The normalized spacial score (nSPS) is 19.0. The second kappa shape index (κ2) is 8.51. The zero-order valence-corrected chi connectivity index (χ0v) is 13.8. The Morgan fingerprint density at radius 2 is 2.04 bits per heavy atom. The van der Waals surface area contributed by atoms with Crippen molar-refractivity contribution in [3.05, 3.63) is 48.6 Å². The van der Waals surface area contributed by atoms with Gasteiger partial charge in [0.2, 0.25) is 11.8 Å². The van der Waals surface area contributed by atoms with Crippen LogP contribution in [0.5, 0.6) is 0 Å². The molecule has 1 aliphatic carbocycles. The van der Waals surface area contributed by atoms with Crippen LogP contribution in [0.25, 0.3) is 0 Å². The molecule has 0 radical (unpaired) electrons. The van der Waals surface area contributed by atoms with Crippen molar-refractivity contribution in [2.75, 3.05) is 19.6 Å². The van der Waals surface area contributed by atoms with E-state index in [2.05, 4.69) is 31.0 Å². The first-order valence-corrected chi connectivity index (χ1v) is 8.32. The lowest BCUT2D eigenvalue weighted by atomic mass is 10.1. The Hall–Kier alpha value is -2.10. The van der Waals surface area contributed by atoms with Gasteiger partial charge in [-0.3, -0.25) is 9.59 Å². The number of rotatable bonds is 9. The number of nitrogens with one attached hydrogen (secondary N) is 1. The van der Waals surface area contributed by atoms with Crippen LogP contribution in [0.4, 0.5) is 0 Å². The number of nitrogens with zero attached hydrogens (tertiary/aromatic N) is 1. The van der Waals surface area contributed by atoms with Crippen molar-refractivity contribution in [1.82, 2.24) is 10.2 Å². The highest BCUT2D eigenvalue weighted by Gasteiger charge is 2.38. The topological polar surface area (TPSA) is 49.4 Å². The molecule has 2 amide bonds. The molecule has 1 aromatic rings. The summed E-state index contributed by atoms with van der Waals surface area (Å²) in [7, 11) is 0. The molecule has 1 fully saturated rings. The minimum atomic E-state index is 0.0602. The summed E-state index contributed by atoms with van der Waals surface area (Å²) in [6, 6.07) is 10.1. The fourth-order valence-electron chi connectivity index (χ4n) is 2.65. The van der Waals surface area contributed by atoms with Crippen LogP contribution in [-0.2, 0) is 16.0 Å². The summed E-state index contributed by atoms with van der Waals surface area (Å²) in [6.45, 7) is 7.42. The SMILES string of the molecule is C=CCN(CCc1ccccc1)C(=O)CCNC(=O)[C@H]1C[C@H]1C. The Bertz CT molecular complexity index is 542. The van der Waals surface area contributed by atoms with Gasteiger partial charge in [-0.05, 0) is 24.3 Å². The largest absolute Gasteiger partial charge is 0.355 e. The molecule has 4 nitrogen and oxygen atoms in total. The molecule has 0 spiro atoms. The molecule has 0 saturated heterocycles. The van der Waals surface area contributed by atoms with Gasteiger partial charge >= 0.3 is 0 Å². The smallest absolute Gasteiger partial charge is 0.224 e. The number of carbonyl (C=O) groups is 2. The van der Waals surface area contributed by atoms with Crippen LogP contribution < -0.4 is 5.32 Å². The van der Waals surface area contributed by atoms with Crippen molar-refractivity contribution in [3.63, 3.8) is 0 Å². The standard InChI is InChI=1S/C19H26N2O2/c1-3-12-21(13-10-16-7-5-4-6-8-16)18(22)9-11-20-19(23)17-14-15(17)2/h3-8,15,17H,1,9-14H2,2H3,(H,20,23)/t15-,17+/m1/s1. The summed E-state index contributed by atoms with van der Waals surface area (Å²) in [5, 5.41) is 2.86. The average Bonchev–Trinajstić information content (AvgIpc) is 3.29. The minimum Gasteiger partial charge on any atom is -0.355 e. The predicted octanol–water partition coefficient (Wildman–Crippen LogP) is 2.41. The van der Waals surface area contributed by atoms with Gasteiger partial charge in [0.25, 0.3) is 0 Å². The highest BCUT2D eigenvalue weighted by Crippen LogP contribution is 2.37. The molecule has 4 heteroatoms. The van der Waals surface area contributed by atoms with E-state index in [-0.39, 0.29) is 17.7 Å². The van der Waals surface area contributed by atoms with E-state index in [4.69, 9.17) is 0 Å². The lowest BCUT2D eigenvalue weighted by Gasteiger charge is -2.21. The van der Waals surface area contributed by atoms with E-state index in [1.807, 2.05) is 18.2 Å². The lowest BCUT2D eigenvalue weighted by molar-refractivity contribution is -0.130. The molecule has 23 heavy (non-hydrogen) atoms. The third kappa shape index (κ3) is 5.55. The highest BCUT2D eigenvalue weighted by atomic mass is 16.2. The maximum absolute atomic E-state index is 12.3. The number of hydrogen-bond donors (Lipinski definition) is 1. The average molecular weight is 314 g/mol. The molecule has 2 rings (SSSR count). The van der Waals surface area contributed by atoms with Crippen molar-refractivity contribution in [3.8, 4) is 0 Å². The molecule has 1 aromatic carbocycles. The van der Waals surface area contributed by atoms with Gasteiger partial charge in [0.15, 0.2) is 0 Å². The van der Waals surface area contributed by atoms with Gasteiger partial charge in [-0.1, -0.05) is 43.3 Å². The molecule has 1 aliphatic rings. The summed E-state index contributed by atoms with van der Waals surface area (Å²) in [5.41, 5.74) is 1.21. The van der Waals surface area contributed by atoms with Gasteiger partial charge in [0, 0.05) is 32.0 Å². The first-order valence-electron chi connectivity index (χ1n) is 8.32. The molecule has 2 atom stereocenters. The van der Waals surface area contributed by atoms with E-state index in [9.17, 15) is 9.59 Å². The maximum Gasteiger partial charge on any atom is 0.224 e. The number of hydrogen-bond acceptors (Lipinski definition) is 2. The highest BCUT2D eigenvalue weighted by molar-refractivity contribution is 5.82. The summed E-state index contributed by atoms with van der Waals surface area (Å²) in [5.74, 6) is 0.802. The number of amides is 2. The lowest BCUT2D eigenvalue weighted by Crippen LogP contribution is -2.36. The Balaban J connectivity index is 1.73. The van der Waals surface area contributed by atoms with Gasteiger partial charge in [0.05, 0.1) is 0 Å². The number of carbonyl (C=O) groups excluding carboxylic acids is 2. The maximum atomic E-state index is 12.3. The third-order valence-corrected chi connectivity index (χ3v) is 4.30. The summed E-state index contributed by atoms with van der Waals surface area (Å²) in [6.07, 6.45) is 3.88. The van der Waals surface area contributed by atoms with E-state index >= 15 is 0 Å². The monoisotopic (exact) mass is 314 g/mol. The van der Waals surface area contributed by atoms with Crippen molar-refractivity contribution < 1.29 is 9.59 Å². The van der Waals surface area contributed by atoms with Crippen molar-refractivity contribution in [1.29, 1.82) is 0 Å². The Kier molecular flexibility index (Phi) is 6.39. The Morgan fingerprint density at radius 3 is 2.65 bits per heavy atom. The molecular weight excluding hydrogens is 288 g/mol. The molecule has 0 bridgehead atoms.